The summed E-state index contributed by atoms with van der Waals surface area (Å²) in [5.41, 5.74) is 1.91. The molecular formula is C27H27IN2O7S. The van der Waals surface area contributed by atoms with E-state index in [0.29, 0.717) is 49.2 Å². The van der Waals surface area contributed by atoms with Crippen molar-refractivity contribution in [3.63, 3.8) is 0 Å². The molecule has 9 nitrogen and oxygen atoms in total. The molecule has 0 spiro atoms. The van der Waals surface area contributed by atoms with Crippen LogP contribution in [0.4, 0.5) is 0 Å². The Kier molecular flexibility index (Phi) is 8.46. The van der Waals surface area contributed by atoms with Gasteiger partial charge in [0.05, 0.1) is 60.5 Å². The Hall–Kier alpha value is -3.32. The lowest BCUT2D eigenvalue weighted by atomic mass is 9.95. The van der Waals surface area contributed by atoms with Crippen LogP contribution in [0.15, 0.2) is 51.4 Å². The van der Waals surface area contributed by atoms with E-state index in [1.54, 1.807) is 65.5 Å². The molecule has 1 aromatic heterocycles. The number of fused-ring (bicyclic) bond motifs is 1. The maximum Gasteiger partial charge on any atom is 0.338 e. The molecule has 0 N–H and O–H groups in total. The Balaban J connectivity index is 1.96. The van der Waals surface area contributed by atoms with Gasteiger partial charge in [-0.2, -0.15) is 0 Å². The molecule has 0 aliphatic carbocycles. The fourth-order valence-electron chi connectivity index (χ4n) is 4.30. The summed E-state index contributed by atoms with van der Waals surface area (Å²) < 4.78 is 30.0. The first-order valence-electron chi connectivity index (χ1n) is 11.6. The molecule has 0 bridgehead atoms. The van der Waals surface area contributed by atoms with E-state index >= 15 is 0 Å². The van der Waals surface area contributed by atoms with E-state index in [4.69, 9.17) is 23.7 Å². The van der Waals surface area contributed by atoms with Crippen LogP contribution >= 0.6 is 33.9 Å². The summed E-state index contributed by atoms with van der Waals surface area (Å²) in [5, 5.41) is 0. The molecule has 3 aromatic rings. The molecule has 1 atom stereocenters. The standard InChI is InChI=1S/C27H27IN2O7S/c1-7-37-26(32)22-14(2)29-27-30(23(22)16-8-9-18(33-3)19(13-16)34-4)25(31)21(38-27)12-15-10-17(28)24(36-6)20(11-15)35-5/h8-13,23H,7H2,1-6H3/t23-/m1/s1. The highest BCUT2D eigenvalue weighted by atomic mass is 127. The summed E-state index contributed by atoms with van der Waals surface area (Å²) in [6, 6.07) is 8.25. The maximum atomic E-state index is 13.9. The largest absolute Gasteiger partial charge is 0.493 e. The quantitative estimate of drug-likeness (QED) is 0.272. The molecule has 11 heteroatoms. The second-order valence-electron chi connectivity index (χ2n) is 8.15. The van der Waals surface area contributed by atoms with Crippen LogP contribution in [-0.4, -0.2) is 45.6 Å². The number of aromatic nitrogens is 1. The van der Waals surface area contributed by atoms with Crippen molar-refractivity contribution in [3.05, 3.63) is 76.0 Å². The monoisotopic (exact) mass is 650 g/mol. The lowest BCUT2D eigenvalue weighted by molar-refractivity contribution is -0.139. The van der Waals surface area contributed by atoms with Gasteiger partial charge in [-0.3, -0.25) is 9.36 Å². The fraction of sp³-hybridized carbons (Fsp3) is 0.296. The molecule has 2 aromatic carbocycles. The second kappa shape index (κ2) is 11.6. The predicted octanol–water partition coefficient (Wildman–Crippen LogP) is 3.44. The molecule has 0 amide bonds. The topological polar surface area (TPSA) is 97.6 Å². The van der Waals surface area contributed by atoms with Gasteiger partial charge in [0, 0.05) is 0 Å². The molecule has 38 heavy (non-hydrogen) atoms. The van der Waals surface area contributed by atoms with Gasteiger partial charge in [0.1, 0.15) is 0 Å². The van der Waals surface area contributed by atoms with E-state index in [9.17, 15) is 9.59 Å². The zero-order chi connectivity index (χ0) is 27.6. The molecule has 2 heterocycles. The van der Waals surface area contributed by atoms with Crippen molar-refractivity contribution >= 4 is 46.0 Å². The zero-order valence-electron chi connectivity index (χ0n) is 21.8. The Bertz CT molecular complexity index is 1610. The lowest BCUT2D eigenvalue weighted by Crippen LogP contribution is -2.40. The van der Waals surface area contributed by atoms with Gasteiger partial charge in [0.15, 0.2) is 27.8 Å². The molecule has 0 fully saturated rings. The van der Waals surface area contributed by atoms with Crippen LogP contribution in [0.5, 0.6) is 23.0 Å². The highest BCUT2D eigenvalue weighted by Crippen LogP contribution is 2.36. The highest BCUT2D eigenvalue weighted by Gasteiger charge is 2.34. The first kappa shape index (κ1) is 27.7. The molecule has 1 aliphatic heterocycles. The predicted molar refractivity (Wildman–Crippen MR) is 152 cm³/mol. The van der Waals surface area contributed by atoms with Crippen LogP contribution in [0.3, 0.4) is 0 Å². The summed E-state index contributed by atoms with van der Waals surface area (Å²) in [4.78, 5) is 32.1. The van der Waals surface area contributed by atoms with Crippen LogP contribution in [0.1, 0.15) is 31.0 Å². The summed E-state index contributed by atoms with van der Waals surface area (Å²) in [6.45, 7) is 3.67. The number of rotatable bonds is 8. The van der Waals surface area contributed by atoms with Crippen molar-refractivity contribution in [1.29, 1.82) is 0 Å². The van der Waals surface area contributed by atoms with Gasteiger partial charge in [0.2, 0.25) is 0 Å². The second-order valence-corrected chi connectivity index (χ2v) is 10.3. The maximum absolute atomic E-state index is 13.9. The number of methoxy groups -OCH3 is 4. The van der Waals surface area contributed by atoms with Gasteiger partial charge in [-0.1, -0.05) is 17.4 Å². The van der Waals surface area contributed by atoms with Gasteiger partial charge >= 0.3 is 5.97 Å². The average molecular weight is 650 g/mol. The van der Waals surface area contributed by atoms with Gasteiger partial charge in [-0.15, -0.1) is 0 Å². The smallest absolute Gasteiger partial charge is 0.338 e. The molecule has 1 aliphatic rings. The van der Waals surface area contributed by atoms with Crippen molar-refractivity contribution in [2.75, 3.05) is 35.0 Å². The van der Waals surface area contributed by atoms with Crippen molar-refractivity contribution in [2.24, 2.45) is 4.99 Å². The van der Waals surface area contributed by atoms with E-state index in [1.807, 2.05) is 6.07 Å². The molecule has 200 valence electrons. The first-order valence-corrected chi connectivity index (χ1v) is 13.5. The number of carbonyl (C=O) groups is 1. The van der Waals surface area contributed by atoms with Gasteiger partial charge < -0.3 is 23.7 Å². The van der Waals surface area contributed by atoms with Crippen LogP contribution in [-0.2, 0) is 9.53 Å². The van der Waals surface area contributed by atoms with E-state index in [2.05, 4.69) is 27.6 Å². The van der Waals surface area contributed by atoms with E-state index in [-0.39, 0.29) is 12.2 Å². The average Bonchev–Trinajstić information content (AvgIpc) is 3.21. The Labute approximate surface area is 237 Å². The minimum absolute atomic E-state index is 0.191. The van der Waals surface area contributed by atoms with E-state index < -0.39 is 12.0 Å². The number of allylic oxidation sites excluding steroid dienone is 1. The third-order valence-corrected chi connectivity index (χ3v) is 7.78. The normalized spacial score (nSPS) is 15.0. The molecule has 0 saturated carbocycles. The minimum Gasteiger partial charge on any atom is -0.493 e. The molecule has 0 radical (unpaired) electrons. The zero-order valence-corrected chi connectivity index (χ0v) is 24.8. The number of thiazole rings is 1. The minimum atomic E-state index is -0.766. The lowest BCUT2D eigenvalue weighted by Gasteiger charge is -2.25. The molecule has 0 saturated heterocycles. The number of halogens is 1. The number of benzene rings is 2. The van der Waals surface area contributed by atoms with Crippen LogP contribution in [0, 0.1) is 3.57 Å². The first-order chi connectivity index (χ1) is 18.3. The van der Waals surface area contributed by atoms with E-state index in [1.165, 1.54) is 23.0 Å². The Morgan fingerprint density at radius 3 is 2.39 bits per heavy atom. The summed E-state index contributed by atoms with van der Waals surface area (Å²) in [5.74, 6) is 1.66. The van der Waals surface area contributed by atoms with Crippen LogP contribution in [0.2, 0.25) is 0 Å². The van der Waals surface area contributed by atoms with Gasteiger partial charge in [0.25, 0.3) is 5.56 Å². The van der Waals surface area contributed by atoms with Crippen LogP contribution in [0.25, 0.3) is 6.08 Å². The van der Waals surface area contributed by atoms with Crippen molar-refractivity contribution in [3.8, 4) is 23.0 Å². The third kappa shape index (κ3) is 5.04. The number of hydrogen-bond donors (Lipinski definition) is 0. The highest BCUT2D eigenvalue weighted by molar-refractivity contribution is 14.1. The number of hydrogen-bond acceptors (Lipinski definition) is 9. The summed E-state index contributed by atoms with van der Waals surface area (Å²) in [6.07, 6.45) is 1.78. The molecular weight excluding hydrogens is 623 g/mol. The van der Waals surface area contributed by atoms with Gasteiger partial charge in [-0.25, -0.2) is 9.79 Å². The van der Waals surface area contributed by atoms with Crippen molar-refractivity contribution < 1.29 is 28.5 Å². The summed E-state index contributed by atoms with van der Waals surface area (Å²) in [7, 11) is 6.22. The fourth-order valence-corrected chi connectivity index (χ4v) is 6.19. The third-order valence-electron chi connectivity index (χ3n) is 5.99. The molecule has 0 unspecified atom stereocenters. The van der Waals surface area contributed by atoms with Gasteiger partial charge in [-0.05, 0) is 77.9 Å². The van der Waals surface area contributed by atoms with Crippen molar-refractivity contribution in [1.82, 2.24) is 4.57 Å². The Morgan fingerprint density at radius 1 is 1.05 bits per heavy atom. The number of carbonyl (C=O) groups excluding carboxylic acids is 1. The van der Waals surface area contributed by atoms with Crippen LogP contribution < -0.4 is 33.8 Å². The number of esters is 1. The Morgan fingerprint density at radius 2 is 1.76 bits per heavy atom. The molecule has 4 rings (SSSR count). The van der Waals surface area contributed by atoms with Crippen molar-refractivity contribution in [2.45, 2.75) is 19.9 Å². The SMILES string of the molecule is CCOC(=O)C1=C(C)N=c2sc(=Cc3cc(I)c(OC)c(OC)c3)c(=O)n2[C@@H]1c1ccc(OC)c(OC)c1. The number of nitrogens with zero attached hydrogens (tertiary/aromatic N) is 2. The number of ether oxygens (including phenoxy) is 5. The summed E-state index contributed by atoms with van der Waals surface area (Å²) >= 11 is 3.41. The van der Waals surface area contributed by atoms with E-state index in [0.717, 1.165) is 9.13 Å².